The Labute approximate surface area is 340 Å². The molecule has 1 aromatic heterocycles. The minimum absolute atomic E-state index is 0.329. The van der Waals surface area contributed by atoms with Crippen LogP contribution in [0.3, 0.4) is 0 Å². The zero-order valence-corrected chi connectivity index (χ0v) is 33.5. The highest BCUT2D eigenvalue weighted by atomic mass is 16.5. The third kappa shape index (κ3) is 4.74. The number of anilines is 3. The first kappa shape index (κ1) is 34.4. The van der Waals surface area contributed by atoms with Crippen molar-refractivity contribution in [3.05, 3.63) is 198 Å². The lowest BCUT2D eigenvalue weighted by Crippen LogP contribution is -2.26. The van der Waals surface area contributed by atoms with Crippen molar-refractivity contribution in [3.8, 4) is 44.8 Å². The minimum atomic E-state index is -0.329. The number of nitrogens with zero attached hydrogens (tertiary/aromatic N) is 2. The van der Waals surface area contributed by atoms with Crippen molar-refractivity contribution in [2.75, 3.05) is 12.0 Å². The molecule has 8 aromatic carbocycles. The first-order valence-electron chi connectivity index (χ1n) is 20.3. The highest BCUT2D eigenvalue weighted by Gasteiger charge is 2.49. The summed E-state index contributed by atoms with van der Waals surface area (Å²) in [4.78, 5) is 2.57. The zero-order valence-electron chi connectivity index (χ0n) is 33.5. The van der Waals surface area contributed by atoms with E-state index < -0.39 is 0 Å². The Morgan fingerprint density at radius 3 is 1.59 bits per heavy atom. The van der Waals surface area contributed by atoms with Gasteiger partial charge in [-0.15, -0.1) is 0 Å². The number of fused-ring (bicyclic) bond motifs is 9. The molecular weight excluding hydrogens is 705 g/mol. The van der Waals surface area contributed by atoms with Crippen LogP contribution >= 0.6 is 0 Å². The van der Waals surface area contributed by atoms with Crippen LogP contribution in [0, 0.1) is 0 Å². The largest absolute Gasteiger partial charge is 0.495 e. The Morgan fingerprint density at radius 2 is 0.966 bits per heavy atom. The number of hydrogen-bond acceptors (Lipinski definition) is 2. The van der Waals surface area contributed by atoms with Gasteiger partial charge in [0.05, 0.1) is 23.8 Å². The summed E-state index contributed by atoms with van der Waals surface area (Å²) < 4.78 is 9.04. The number of benzene rings is 8. The highest BCUT2D eigenvalue weighted by molar-refractivity contribution is 6.11. The first-order valence-corrected chi connectivity index (χ1v) is 20.3. The second-order valence-corrected chi connectivity index (χ2v) is 16.9. The number of hydrogen-bond donors (Lipinski definition) is 0. The third-order valence-electron chi connectivity index (χ3n) is 13.0. The van der Waals surface area contributed by atoms with E-state index in [4.69, 9.17) is 4.74 Å². The van der Waals surface area contributed by atoms with Gasteiger partial charge in [0, 0.05) is 49.8 Å². The number of methoxy groups -OCH3 is 1. The standard InChI is InChI=1S/C55H44N2O/c1-54(2)44-25-15-12-23-41(44)48-50(54)52(51-49(53(48)58-5)42-24-13-16-26-45(42)55(51,3)4)56(38-30-28-36(29-31-38)35-18-8-6-9-19-35)39-32-33-47-43(34-39)40-22-14-17-27-46(40)57(47)37-20-10-7-11-21-37/h6-34H,1-5H3. The van der Waals surface area contributed by atoms with E-state index in [0.717, 1.165) is 22.8 Å². The topological polar surface area (TPSA) is 17.4 Å². The van der Waals surface area contributed by atoms with Crippen LogP contribution in [0.2, 0.25) is 0 Å². The second-order valence-electron chi connectivity index (χ2n) is 16.9. The molecule has 0 unspecified atom stereocenters. The van der Waals surface area contributed by atoms with Crippen molar-refractivity contribution in [1.29, 1.82) is 0 Å². The van der Waals surface area contributed by atoms with Gasteiger partial charge in [0.25, 0.3) is 0 Å². The predicted molar refractivity (Wildman–Crippen MR) is 243 cm³/mol. The molecule has 0 aliphatic heterocycles. The van der Waals surface area contributed by atoms with E-state index in [-0.39, 0.29) is 10.8 Å². The molecule has 11 rings (SSSR count). The second kappa shape index (κ2) is 12.6. The Kier molecular flexibility index (Phi) is 7.46. The van der Waals surface area contributed by atoms with Gasteiger partial charge in [-0.05, 0) is 93.0 Å². The fraction of sp³-hybridized carbons (Fsp3) is 0.127. The van der Waals surface area contributed by atoms with E-state index in [1.54, 1.807) is 0 Å². The van der Waals surface area contributed by atoms with Crippen molar-refractivity contribution < 1.29 is 4.74 Å². The van der Waals surface area contributed by atoms with E-state index in [2.05, 4.69) is 213 Å². The summed E-state index contributed by atoms with van der Waals surface area (Å²) in [5.41, 5.74) is 18.8. The smallest absolute Gasteiger partial charge is 0.135 e. The maximum absolute atomic E-state index is 6.64. The molecule has 3 nitrogen and oxygen atoms in total. The first-order chi connectivity index (χ1) is 28.3. The molecular formula is C55H44N2O. The molecule has 0 atom stereocenters. The van der Waals surface area contributed by atoms with Gasteiger partial charge in [0.1, 0.15) is 5.75 Å². The highest BCUT2D eigenvalue weighted by Crippen LogP contribution is 2.66. The van der Waals surface area contributed by atoms with Crippen LogP contribution in [-0.2, 0) is 10.8 Å². The molecule has 0 saturated carbocycles. The van der Waals surface area contributed by atoms with Gasteiger partial charge in [-0.3, -0.25) is 0 Å². The molecule has 0 fully saturated rings. The van der Waals surface area contributed by atoms with Crippen molar-refractivity contribution in [3.63, 3.8) is 0 Å². The maximum atomic E-state index is 6.64. The van der Waals surface area contributed by atoms with Crippen LogP contribution < -0.4 is 9.64 Å². The normalized spacial score (nSPS) is 14.2. The fourth-order valence-corrected chi connectivity index (χ4v) is 10.4. The van der Waals surface area contributed by atoms with Crippen LogP contribution in [0.4, 0.5) is 17.1 Å². The summed E-state index contributed by atoms with van der Waals surface area (Å²) in [5.74, 6) is 0.963. The average molecular weight is 749 g/mol. The molecule has 1 heterocycles. The summed E-state index contributed by atoms with van der Waals surface area (Å²) in [6.45, 7) is 9.59. The fourth-order valence-electron chi connectivity index (χ4n) is 10.4. The molecule has 0 amide bonds. The van der Waals surface area contributed by atoms with Gasteiger partial charge in [-0.25, -0.2) is 0 Å². The van der Waals surface area contributed by atoms with Crippen LogP contribution in [0.5, 0.6) is 5.75 Å². The van der Waals surface area contributed by atoms with Crippen LogP contribution in [0.15, 0.2) is 176 Å². The number of rotatable bonds is 6. The molecule has 0 bridgehead atoms. The van der Waals surface area contributed by atoms with Gasteiger partial charge in [-0.1, -0.05) is 155 Å². The summed E-state index contributed by atoms with van der Waals surface area (Å²) in [6.07, 6.45) is 0. The third-order valence-corrected chi connectivity index (χ3v) is 13.0. The Hall–Kier alpha value is -6.84. The molecule has 58 heavy (non-hydrogen) atoms. The zero-order chi connectivity index (χ0) is 39.3. The summed E-state index contributed by atoms with van der Waals surface area (Å²) >= 11 is 0. The molecule has 2 aliphatic carbocycles. The van der Waals surface area contributed by atoms with Crippen molar-refractivity contribution in [2.45, 2.75) is 38.5 Å². The SMILES string of the molecule is COc1c2c(c(N(c3ccc(-c4ccccc4)cc3)c3ccc4c(c3)c3ccccc3n4-c3ccccc3)c3c1-c1ccccc1C3(C)C)C(C)(C)c1ccccc1-2. The van der Waals surface area contributed by atoms with E-state index >= 15 is 0 Å². The maximum Gasteiger partial charge on any atom is 0.135 e. The lowest BCUT2D eigenvalue weighted by Gasteiger charge is -2.37. The Balaban J connectivity index is 1.27. The Morgan fingerprint density at radius 1 is 0.466 bits per heavy atom. The Bertz CT molecular complexity index is 3000. The van der Waals surface area contributed by atoms with Crippen LogP contribution in [-0.4, -0.2) is 11.7 Å². The minimum Gasteiger partial charge on any atom is -0.495 e. The van der Waals surface area contributed by atoms with Gasteiger partial charge in [0.2, 0.25) is 0 Å². The van der Waals surface area contributed by atoms with Crippen LogP contribution in [0.25, 0.3) is 60.9 Å². The van der Waals surface area contributed by atoms with E-state index in [0.29, 0.717) is 0 Å². The molecule has 9 aromatic rings. The van der Waals surface area contributed by atoms with Crippen molar-refractivity contribution >= 4 is 38.9 Å². The monoisotopic (exact) mass is 748 g/mol. The molecule has 280 valence electrons. The molecule has 0 saturated heterocycles. The summed E-state index contributed by atoms with van der Waals surface area (Å²) in [6, 6.07) is 64.4. The molecule has 2 aliphatic rings. The van der Waals surface area contributed by atoms with Crippen molar-refractivity contribution in [2.24, 2.45) is 0 Å². The number of aromatic nitrogens is 1. The summed E-state index contributed by atoms with van der Waals surface area (Å²) in [7, 11) is 1.86. The quantitative estimate of drug-likeness (QED) is 0.168. The molecule has 0 spiro atoms. The average Bonchev–Trinajstić information content (AvgIpc) is 3.81. The van der Waals surface area contributed by atoms with E-state index in [1.165, 1.54) is 83.1 Å². The van der Waals surface area contributed by atoms with Gasteiger partial charge in [0.15, 0.2) is 0 Å². The predicted octanol–water partition coefficient (Wildman–Crippen LogP) is 14.5. The summed E-state index contributed by atoms with van der Waals surface area (Å²) in [5, 5.41) is 2.45. The molecule has 0 radical (unpaired) electrons. The number of para-hydroxylation sites is 2. The number of ether oxygens (including phenoxy) is 1. The van der Waals surface area contributed by atoms with Gasteiger partial charge >= 0.3 is 0 Å². The van der Waals surface area contributed by atoms with Crippen LogP contribution in [0.1, 0.15) is 49.9 Å². The van der Waals surface area contributed by atoms with Crippen molar-refractivity contribution in [1.82, 2.24) is 4.57 Å². The van der Waals surface area contributed by atoms with E-state index in [1.807, 2.05) is 7.11 Å². The van der Waals surface area contributed by atoms with Gasteiger partial charge < -0.3 is 14.2 Å². The lowest BCUT2D eigenvalue weighted by atomic mass is 9.75. The van der Waals surface area contributed by atoms with Gasteiger partial charge in [-0.2, -0.15) is 0 Å². The van der Waals surface area contributed by atoms with E-state index in [9.17, 15) is 0 Å². The molecule has 3 heteroatoms. The molecule has 0 N–H and O–H groups in total. The lowest BCUT2D eigenvalue weighted by molar-refractivity contribution is 0.417.